The van der Waals surface area contributed by atoms with Crippen LogP contribution in [0.2, 0.25) is 0 Å². The quantitative estimate of drug-likeness (QED) is 0.373. The van der Waals surface area contributed by atoms with Crippen molar-refractivity contribution in [1.82, 2.24) is 30.8 Å². The van der Waals surface area contributed by atoms with E-state index < -0.39 is 0 Å². The Labute approximate surface area is 224 Å². The number of carbonyl (C=O) groups is 2. The number of fused-ring (bicyclic) bond motifs is 1. The highest BCUT2D eigenvalue weighted by Crippen LogP contribution is 2.27. The van der Waals surface area contributed by atoms with Crippen LogP contribution in [0.1, 0.15) is 36.4 Å². The molecule has 0 fully saturated rings. The number of carbonyl (C=O) groups excluding carboxylic acids is 2. The number of benzene rings is 2. The highest BCUT2D eigenvalue weighted by atomic mass is 16.5. The third kappa shape index (κ3) is 6.76. The monoisotopic (exact) mass is 519 g/mol. The van der Waals surface area contributed by atoms with Crippen LogP contribution in [0.3, 0.4) is 0 Å². The minimum atomic E-state index is -0.142. The van der Waals surface area contributed by atoms with E-state index >= 15 is 0 Å². The van der Waals surface area contributed by atoms with Gasteiger partial charge in [0.15, 0.2) is 0 Å². The fourth-order valence-electron chi connectivity index (χ4n) is 4.53. The molecule has 2 amide bonds. The molecule has 3 aromatic rings. The Hall–Kier alpha value is -3.76. The molecule has 1 aromatic heterocycles. The van der Waals surface area contributed by atoms with Crippen molar-refractivity contribution < 1.29 is 14.1 Å². The number of rotatable bonds is 11. The Balaban J connectivity index is 1.49. The number of amides is 2. The fraction of sp³-hybridized carbons (Fsp3) is 0.429. The second-order valence-electron chi connectivity index (χ2n) is 9.96. The lowest BCUT2D eigenvalue weighted by Crippen LogP contribution is -2.48. The Morgan fingerprint density at radius 2 is 1.76 bits per heavy atom. The summed E-state index contributed by atoms with van der Waals surface area (Å²) in [6.45, 7) is 10.5. The summed E-state index contributed by atoms with van der Waals surface area (Å²) in [7, 11) is 1.79. The zero-order valence-corrected chi connectivity index (χ0v) is 22.8. The Kier molecular flexibility index (Phi) is 8.75. The maximum absolute atomic E-state index is 13.5. The average molecular weight is 520 g/mol. The van der Waals surface area contributed by atoms with Crippen molar-refractivity contribution >= 4 is 17.5 Å². The van der Waals surface area contributed by atoms with Gasteiger partial charge in [-0.15, -0.1) is 0 Å². The van der Waals surface area contributed by atoms with E-state index in [9.17, 15) is 9.59 Å². The van der Waals surface area contributed by atoms with E-state index in [2.05, 4.69) is 46.8 Å². The lowest BCUT2D eigenvalue weighted by molar-refractivity contribution is -0.145. The van der Waals surface area contributed by atoms with Crippen molar-refractivity contribution in [1.29, 1.82) is 0 Å². The Morgan fingerprint density at radius 1 is 1.05 bits per heavy atom. The van der Waals surface area contributed by atoms with Gasteiger partial charge in [-0.05, 0) is 41.8 Å². The van der Waals surface area contributed by atoms with E-state index in [1.807, 2.05) is 47.2 Å². The minimum Gasteiger partial charge on any atom is -0.353 e. The predicted molar refractivity (Wildman–Crippen MR) is 146 cm³/mol. The molecule has 0 bridgehead atoms. The number of nitrogens with zero attached hydrogens (tertiary/aromatic N) is 5. The molecular formula is C28H37N7O3. The van der Waals surface area contributed by atoms with Gasteiger partial charge in [-0.25, -0.2) is 5.01 Å². The van der Waals surface area contributed by atoms with Crippen molar-refractivity contribution in [2.45, 2.75) is 46.8 Å². The van der Waals surface area contributed by atoms with Crippen LogP contribution in [-0.4, -0.2) is 71.2 Å². The second kappa shape index (κ2) is 12.2. The van der Waals surface area contributed by atoms with Gasteiger partial charge in [0.2, 0.25) is 17.6 Å². The van der Waals surface area contributed by atoms with E-state index in [0.717, 1.165) is 16.8 Å². The largest absolute Gasteiger partial charge is 0.353 e. The van der Waals surface area contributed by atoms with Gasteiger partial charge in [-0.3, -0.25) is 14.6 Å². The number of anilines is 1. The van der Waals surface area contributed by atoms with E-state index in [1.165, 1.54) is 11.1 Å². The zero-order valence-electron chi connectivity index (χ0n) is 22.8. The molecule has 1 aliphatic rings. The lowest BCUT2D eigenvalue weighted by atomic mass is 10.1. The van der Waals surface area contributed by atoms with Crippen LogP contribution in [0, 0.1) is 13.8 Å². The number of likely N-dealkylation sites (N-methyl/N-ethyl adjacent to an activating group) is 1. The van der Waals surface area contributed by atoms with Crippen LogP contribution in [0.15, 0.2) is 47.0 Å². The first-order valence-electron chi connectivity index (χ1n) is 13.0. The zero-order chi connectivity index (χ0) is 27.2. The maximum Gasteiger partial charge on any atom is 0.256 e. The lowest BCUT2D eigenvalue weighted by Gasteiger charge is -2.32. The fourth-order valence-corrected chi connectivity index (χ4v) is 4.53. The molecule has 38 heavy (non-hydrogen) atoms. The molecule has 2 N–H and O–H groups in total. The standard InChI is InChI=1S/C28H37N7O3/c1-19(2)29-12-13-30-26(36)17-34(25-11-10-22(14-20(25)3)28-31-21(4)38-32-28)18-27(37)33(5)35-15-23-8-6-7-9-24(23)16-35/h6-11,14,19,29H,12-13,15-18H2,1-5H3,(H,30,36). The number of nitrogens with one attached hydrogen (secondary N) is 2. The van der Waals surface area contributed by atoms with Gasteiger partial charge in [0, 0.05) is 57.4 Å². The third-order valence-corrected chi connectivity index (χ3v) is 6.59. The smallest absolute Gasteiger partial charge is 0.256 e. The van der Waals surface area contributed by atoms with Crippen LogP contribution in [0.25, 0.3) is 11.4 Å². The first-order valence-corrected chi connectivity index (χ1v) is 13.0. The summed E-state index contributed by atoms with van der Waals surface area (Å²) in [6, 6.07) is 14.3. The normalized spacial score (nSPS) is 13.0. The van der Waals surface area contributed by atoms with Gasteiger partial charge in [0.25, 0.3) is 5.91 Å². The highest BCUT2D eigenvalue weighted by Gasteiger charge is 2.27. The van der Waals surface area contributed by atoms with E-state index in [1.54, 1.807) is 19.0 Å². The molecule has 0 unspecified atom stereocenters. The van der Waals surface area contributed by atoms with Gasteiger partial charge in [0.05, 0.1) is 13.1 Å². The summed E-state index contributed by atoms with van der Waals surface area (Å²) in [5, 5.41) is 13.9. The van der Waals surface area contributed by atoms with Crippen LogP contribution in [0.4, 0.5) is 5.69 Å². The summed E-state index contributed by atoms with van der Waals surface area (Å²) in [6.07, 6.45) is 0. The second-order valence-corrected chi connectivity index (χ2v) is 9.96. The molecule has 0 saturated carbocycles. The van der Waals surface area contributed by atoms with Crippen LogP contribution in [-0.2, 0) is 22.7 Å². The summed E-state index contributed by atoms with van der Waals surface area (Å²) in [4.78, 5) is 32.5. The molecule has 0 atom stereocenters. The number of aryl methyl sites for hydroxylation is 2. The molecule has 1 aliphatic heterocycles. The topological polar surface area (TPSA) is 107 Å². The predicted octanol–water partition coefficient (Wildman–Crippen LogP) is 2.66. The summed E-state index contributed by atoms with van der Waals surface area (Å²) in [5.74, 6) is 0.759. The van der Waals surface area contributed by atoms with Gasteiger partial charge in [-0.2, -0.15) is 4.98 Å². The van der Waals surface area contributed by atoms with Gasteiger partial charge < -0.3 is 20.1 Å². The Bertz CT molecular complexity index is 1250. The number of hydrazine groups is 1. The minimum absolute atomic E-state index is 0.0581. The van der Waals surface area contributed by atoms with Gasteiger partial charge in [-0.1, -0.05) is 43.3 Å². The average Bonchev–Trinajstić information content (AvgIpc) is 3.52. The molecule has 4 rings (SSSR count). The first kappa shape index (κ1) is 27.3. The van der Waals surface area contributed by atoms with Crippen molar-refractivity contribution in [3.63, 3.8) is 0 Å². The summed E-state index contributed by atoms with van der Waals surface area (Å²) in [5.41, 5.74) is 4.97. The molecule has 0 saturated heterocycles. The molecular weight excluding hydrogens is 482 g/mol. The molecule has 0 spiro atoms. The maximum atomic E-state index is 13.5. The molecule has 2 heterocycles. The Morgan fingerprint density at radius 3 is 2.37 bits per heavy atom. The number of hydrogen-bond donors (Lipinski definition) is 2. The van der Waals surface area contributed by atoms with Gasteiger partial charge >= 0.3 is 0 Å². The van der Waals surface area contributed by atoms with Crippen molar-refractivity contribution in [3.8, 4) is 11.4 Å². The van der Waals surface area contributed by atoms with Crippen molar-refractivity contribution in [2.75, 3.05) is 38.1 Å². The van der Waals surface area contributed by atoms with Gasteiger partial charge in [0.1, 0.15) is 0 Å². The SMILES string of the molecule is Cc1nc(-c2ccc(N(CC(=O)NCCNC(C)C)CC(=O)N(C)N3Cc4ccccc4C3)c(C)c2)no1. The van der Waals surface area contributed by atoms with Crippen LogP contribution in [0.5, 0.6) is 0 Å². The summed E-state index contributed by atoms with van der Waals surface area (Å²) >= 11 is 0. The molecule has 0 aliphatic carbocycles. The van der Waals surface area contributed by atoms with Crippen molar-refractivity contribution in [2.24, 2.45) is 0 Å². The molecule has 2 aromatic carbocycles. The highest BCUT2D eigenvalue weighted by molar-refractivity contribution is 5.87. The molecule has 202 valence electrons. The van der Waals surface area contributed by atoms with E-state index in [0.29, 0.717) is 43.9 Å². The first-order chi connectivity index (χ1) is 18.2. The van der Waals surface area contributed by atoms with E-state index in [4.69, 9.17) is 4.52 Å². The number of aromatic nitrogens is 2. The molecule has 0 radical (unpaired) electrons. The third-order valence-electron chi connectivity index (χ3n) is 6.59. The molecule has 10 nitrogen and oxygen atoms in total. The van der Waals surface area contributed by atoms with E-state index in [-0.39, 0.29) is 24.9 Å². The number of hydrogen-bond acceptors (Lipinski definition) is 8. The van der Waals surface area contributed by atoms with Crippen molar-refractivity contribution in [3.05, 3.63) is 65.0 Å². The summed E-state index contributed by atoms with van der Waals surface area (Å²) < 4.78 is 5.12. The van der Waals surface area contributed by atoms with Crippen LogP contribution >= 0.6 is 0 Å². The molecule has 10 heteroatoms. The van der Waals surface area contributed by atoms with Crippen LogP contribution < -0.4 is 15.5 Å².